The Morgan fingerprint density at radius 1 is 1.15 bits per heavy atom. The Bertz CT molecular complexity index is 810. The number of hydrogen-bond acceptors (Lipinski definition) is 3. The zero-order valence-electron chi connectivity index (χ0n) is 15.6. The maximum Gasteiger partial charge on any atom is 0.264 e. The summed E-state index contributed by atoms with van der Waals surface area (Å²) in [6.45, 7) is 1.36. The van der Waals surface area contributed by atoms with Crippen LogP contribution >= 0.6 is 11.3 Å². The van der Waals surface area contributed by atoms with Crippen LogP contribution in [0, 0.1) is 5.92 Å². The molecular formula is C22H26N2O2S. The van der Waals surface area contributed by atoms with Crippen LogP contribution in [0.4, 0.5) is 5.69 Å². The highest BCUT2D eigenvalue weighted by molar-refractivity contribution is 7.12. The fourth-order valence-corrected chi connectivity index (χ4v) is 4.91. The van der Waals surface area contributed by atoms with Gasteiger partial charge in [-0.2, -0.15) is 0 Å². The van der Waals surface area contributed by atoms with Gasteiger partial charge in [0, 0.05) is 25.2 Å². The maximum atomic E-state index is 12.6. The Morgan fingerprint density at radius 2 is 2.00 bits per heavy atom. The molecular weight excluding hydrogens is 356 g/mol. The lowest BCUT2D eigenvalue weighted by atomic mass is 9.98. The van der Waals surface area contributed by atoms with E-state index in [4.69, 9.17) is 0 Å². The number of benzene rings is 1. The molecule has 0 spiro atoms. The molecule has 2 amide bonds. The summed E-state index contributed by atoms with van der Waals surface area (Å²) in [5.41, 5.74) is 3.25. The summed E-state index contributed by atoms with van der Waals surface area (Å²) >= 11 is 1.49. The van der Waals surface area contributed by atoms with E-state index in [1.807, 2.05) is 34.5 Å². The number of thiophene rings is 1. The number of carbonyl (C=O) groups excluding carboxylic acids is 2. The van der Waals surface area contributed by atoms with Crippen LogP contribution in [0.3, 0.4) is 0 Å². The van der Waals surface area contributed by atoms with Crippen LogP contribution in [0.5, 0.6) is 0 Å². The number of carbonyl (C=O) groups is 2. The third-order valence-corrected chi connectivity index (χ3v) is 6.63. The molecule has 2 aromatic rings. The first-order valence-electron chi connectivity index (χ1n) is 9.93. The van der Waals surface area contributed by atoms with Gasteiger partial charge in [-0.1, -0.05) is 37.8 Å². The van der Waals surface area contributed by atoms with Crippen molar-refractivity contribution in [3.63, 3.8) is 0 Å². The summed E-state index contributed by atoms with van der Waals surface area (Å²) < 4.78 is 0. The Kier molecular flexibility index (Phi) is 5.58. The second-order valence-corrected chi connectivity index (χ2v) is 8.62. The van der Waals surface area contributed by atoms with Crippen LogP contribution in [-0.4, -0.2) is 23.3 Å². The van der Waals surface area contributed by atoms with E-state index in [1.54, 1.807) is 0 Å². The summed E-state index contributed by atoms with van der Waals surface area (Å²) in [6, 6.07) is 9.91. The molecule has 1 fully saturated rings. The Morgan fingerprint density at radius 3 is 2.78 bits per heavy atom. The SMILES string of the molecule is O=C(CCC1CCCC1)Nc1ccc2c(c1)CN(C(=O)c1cccs1)CC2. The molecule has 0 bridgehead atoms. The van der Waals surface area contributed by atoms with E-state index in [0.717, 1.165) is 41.4 Å². The summed E-state index contributed by atoms with van der Waals surface area (Å²) in [5, 5.41) is 4.98. The molecule has 0 radical (unpaired) electrons. The largest absolute Gasteiger partial charge is 0.333 e. The highest BCUT2D eigenvalue weighted by Gasteiger charge is 2.23. The van der Waals surface area contributed by atoms with Gasteiger partial charge < -0.3 is 10.2 Å². The topological polar surface area (TPSA) is 49.4 Å². The first-order chi connectivity index (χ1) is 13.2. The molecule has 0 unspecified atom stereocenters. The van der Waals surface area contributed by atoms with Crippen molar-refractivity contribution in [1.82, 2.24) is 4.90 Å². The van der Waals surface area contributed by atoms with E-state index in [-0.39, 0.29) is 11.8 Å². The van der Waals surface area contributed by atoms with Crippen LogP contribution in [0.25, 0.3) is 0 Å². The minimum Gasteiger partial charge on any atom is -0.333 e. The predicted molar refractivity (Wildman–Crippen MR) is 109 cm³/mol. The molecule has 4 rings (SSSR count). The van der Waals surface area contributed by atoms with Crippen molar-refractivity contribution in [2.24, 2.45) is 5.92 Å². The van der Waals surface area contributed by atoms with E-state index in [0.29, 0.717) is 13.0 Å². The number of rotatable bonds is 5. The number of nitrogens with one attached hydrogen (secondary N) is 1. The lowest BCUT2D eigenvalue weighted by Gasteiger charge is -2.29. The maximum absolute atomic E-state index is 12.6. The lowest BCUT2D eigenvalue weighted by Crippen LogP contribution is -2.35. The molecule has 2 aliphatic rings. The number of hydrogen-bond donors (Lipinski definition) is 1. The second-order valence-electron chi connectivity index (χ2n) is 7.67. The van der Waals surface area contributed by atoms with Gasteiger partial charge in [-0.25, -0.2) is 0 Å². The van der Waals surface area contributed by atoms with Gasteiger partial charge >= 0.3 is 0 Å². The van der Waals surface area contributed by atoms with E-state index in [2.05, 4.69) is 11.4 Å². The van der Waals surface area contributed by atoms with Crippen LogP contribution in [-0.2, 0) is 17.8 Å². The van der Waals surface area contributed by atoms with E-state index >= 15 is 0 Å². The minimum absolute atomic E-state index is 0.0988. The van der Waals surface area contributed by atoms with Crippen molar-refractivity contribution >= 4 is 28.8 Å². The molecule has 27 heavy (non-hydrogen) atoms. The van der Waals surface area contributed by atoms with Gasteiger partial charge in [0.25, 0.3) is 5.91 Å². The fraction of sp³-hybridized carbons (Fsp3) is 0.455. The first-order valence-corrected chi connectivity index (χ1v) is 10.8. The molecule has 1 saturated carbocycles. The summed E-state index contributed by atoms with van der Waals surface area (Å²) in [7, 11) is 0. The molecule has 1 N–H and O–H groups in total. The molecule has 5 heteroatoms. The number of nitrogens with zero attached hydrogens (tertiary/aromatic N) is 1. The standard InChI is InChI=1S/C22H26N2O2S/c25-21(10-7-16-4-1-2-5-16)23-19-9-8-17-11-12-24(15-18(17)14-19)22(26)20-6-3-13-27-20/h3,6,8-9,13-14,16H,1-2,4-5,7,10-12,15H2,(H,23,25). The Balaban J connectivity index is 1.37. The predicted octanol–water partition coefficient (Wildman–Crippen LogP) is 4.86. The zero-order valence-corrected chi connectivity index (χ0v) is 16.4. The van der Waals surface area contributed by atoms with Gasteiger partial charge in [-0.05, 0) is 53.5 Å². The first kappa shape index (κ1) is 18.2. The number of amides is 2. The van der Waals surface area contributed by atoms with Gasteiger partial charge in [0.1, 0.15) is 0 Å². The Hall–Kier alpha value is -2.14. The molecule has 1 aliphatic heterocycles. The second kappa shape index (κ2) is 8.26. The summed E-state index contributed by atoms with van der Waals surface area (Å²) in [5.74, 6) is 0.932. The molecule has 0 atom stereocenters. The van der Waals surface area contributed by atoms with E-state index < -0.39 is 0 Å². The van der Waals surface area contributed by atoms with E-state index in [9.17, 15) is 9.59 Å². The third kappa shape index (κ3) is 4.41. The fourth-order valence-electron chi connectivity index (χ4n) is 4.22. The van der Waals surface area contributed by atoms with Gasteiger partial charge in [0.2, 0.25) is 5.91 Å². The number of fused-ring (bicyclic) bond motifs is 1. The molecule has 4 nitrogen and oxygen atoms in total. The van der Waals surface area contributed by atoms with Crippen molar-refractivity contribution in [3.8, 4) is 0 Å². The number of anilines is 1. The summed E-state index contributed by atoms with van der Waals surface area (Å²) in [4.78, 5) is 27.6. The Labute approximate surface area is 164 Å². The van der Waals surface area contributed by atoms with Crippen molar-refractivity contribution in [3.05, 3.63) is 51.7 Å². The van der Waals surface area contributed by atoms with Crippen LogP contribution in [0.15, 0.2) is 35.7 Å². The van der Waals surface area contributed by atoms with Crippen LogP contribution < -0.4 is 5.32 Å². The van der Waals surface area contributed by atoms with Crippen molar-refractivity contribution in [1.29, 1.82) is 0 Å². The zero-order chi connectivity index (χ0) is 18.6. The monoisotopic (exact) mass is 382 g/mol. The van der Waals surface area contributed by atoms with Gasteiger partial charge in [-0.15, -0.1) is 11.3 Å². The van der Waals surface area contributed by atoms with Crippen LogP contribution in [0.2, 0.25) is 0 Å². The molecule has 2 heterocycles. The molecule has 142 valence electrons. The molecule has 1 aromatic heterocycles. The average molecular weight is 383 g/mol. The molecule has 1 aliphatic carbocycles. The third-order valence-electron chi connectivity index (χ3n) is 5.78. The van der Waals surface area contributed by atoms with Gasteiger partial charge in [0.15, 0.2) is 0 Å². The highest BCUT2D eigenvalue weighted by atomic mass is 32.1. The molecule has 0 saturated heterocycles. The van der Waals surface area contributed by atoms with Crippen molar-refractivity contribution < 1.29 is 9.59 Å². The summed E-state index contributed by atoms with van der Waals surface area (Å²) in [6.07, 6.45) is 7.66. The van der Waals surface area contributed by atoms with E-state index in [1.165, 1.54) is 42.6 Å². The highest BCUT2D eigenvalue weighted by Crippen LogP contribution is 2.29. The minimum atomic E-state index is 0.0988. The van der Waals surface area contributed by atoms with Crippen LogP contribution in [0.1, 0.15) is 59.3 Å². The average Bonchev–Trinajstić information content (AvgIpc) is 3.39. The lowest BCUT2D eigenvalue weighted by molar-refractivity contribution is -0.116. The van der Waals surface area contributed by atoms with Gasteiger partial charge in [0.05, 0.1) is 4.88 Å². The van der Waals surface area contributed by atoms with Gasteiger partial charge in [-0.3, -0.25) is 9.59 Å². The quantitative estimate of drug-likeness (QED) is 0.803. The molecule has 1 aromatic carbocycles. The normalized spacial score (nSPS) is 17.0. The van der Waals surface area contributed by atoms with Crippen molar-refractivity contribution in [2.45, 2.75) is 51.5 Å². The smallest absolute Gasteiger partial charge is 0.264 e. The van der Waals surface area contributed by atoms with Crippen molar-refractivity contribution in [2.75, 3.05) is 11.9 Å².